The molecule has 0 fully saturated rings. The predicted molar refractivity (Wildman–Crippen MR) is 60.2 cm³/mol. The zero-order valence-electron chi connectivity index (χ0n) is 9.33. The number of hydrogen-bond donors (Lipinski definition) is 1. The normalized spacial score (nSPS) is 10.7. The Morgan fingerprint density at radius 1 is 1.25 bits per heavy atom. The van der Waals surface area contributed by atoms with Crippen molar-refractivity contribution in [2.24, 2.45) is 0 Å². The Morgan fingerprint density at radius 2 is 1.94 bits per heavy atom. The molecule has 4 heteroatoms. The number of methoxy groups -OCH3 is 1. The van der Waals surface area contributed by atoms with Crippen molar-refractivity contribution in [3.8, 4) is 11.5 Å². The topological polar surface area (TPSA) is 59.7 Å². The number of benzene rings is 1. The maximum atomic E-state index is 11.5. The summed E-state index contributed by atoms with van der Waals surface area (Å²) in [5.41, 5.74) is 1.42. The molecule has 0 saturated carbocycles. The van der Waals surface area contributed by atoms with Crippen LogP contribution in [0.1, 0.15) is 11.1 Å². The lowest BCUT2D eigenvalue weighted by Gasteiger charge is -2.07. The number of aryl methyl sites for hydroxylation is 1. The zero-order valence-corrected chi connectivity index (χ0v) is 9.33. The summed E-state index contributed by atoms with van der Waals surface area (Å²) in [6.07, 6.45) is 0. The van der Waals surface area contributed by atoms with Crippen LogP contribution in [-0.4, -0.2) is 12.2 Å². The van der Waals surface area contributed by atoms with E-state index in [2.05, 4.69) is 0 Å². The predicted octanol–water partition coefficient (Wildman–Crippen LogP) is 2.12. The molecule has 16 heavy (non-hydrogen) atoms. The molecule has 0 radical (unpaired) electrons. The highest BCUT2D eigenvalue weighted by Crippen LogP contribution is 2.32. The summed E-state index contributed by atoms with van der Waals surface area (Å²) >= 11 is 0. The molecule has 0 unspecified atom stereocenters. The first kappa shape index (κ1) is 10.5. The van der Waals surface area contributed by atoms with Gasteiger partial charge in [-0.25, -0.2) is 4.79 Å². The molecule has 4 nitrogen and oxygen atoms in total. The molecular weight excluding hydrogens is 208 g/mol. The Kier molecular flexibility index (Phi) is 2.34. The van der Waals surface area contributed by atoms with Gasteiger partial charge in [0.1, 0.15) is 5.58 Å². The summed E-state index contributed by atoms with van der Waals surface area (Å²) in [5.74, 6) is 0.324. The molecule has 2 rings (SSSR count). The quantitative estimate of drug-likeness (QED) is 0.748. The van der Waals surface area contributed by atoms with Gasteiger partial charge in [0.05, 0.1) is 7.11 Å². The molecular formula is C12H12O4. The van der Waals surface area contributed by atoms with Gasteiger partial charge in [-0.15, -0.1) is 0 Å². The average Bonchev–Trinajstić information content (AvgIpc) is 2.27. The van der Waals surface area contributed by atoms with Crippen LogP contribution in [0.2, 0.25) is 0 Å². The van der Waals surface area contributed by atoms with Crippen LogP contribution in [0.5, 0.6) is 11.5 Å². The number of hydrogen-bond acceptors (Lipinski definition) is 4. The molecule has 1 aromatic heterocycles. The van der Waals surface area contributed by atoms with Crippen molar-refractivity contribution in [2.75, 3.05) is 7.11 Å². The first-order valence-corrected chi connectivity index (χ1v) is 4.85. The number of rotatable bonds is 1. The lowest BCUT2D eigenvalue weighted by Crippen LogP contribution is -2.05. The Balaban J connectivity index is 2.92. The Bertz CT molecular complexity index is 610. The molecule has 0 atom stereocenters. The van der Waals surface area contributed by atoms with Crippen LogP contribution >= 0.6 is 0 Å². The van der Waals surface area contributed by atoms with Crippen molar-refractivity contribution in [1.29, 1.82) is 0 Å². The molecule has 0 saturated heterocycles. The van der Waals surface area contributed by atoms with E-state index in [4.69, 9.17) is 9.15 Å². The number of phenolic OH excluding ortho intramolecular Hbond substituents is 1. The van der Waals surface area contributed by atoms with Crippen molar-refractivity contribution in [1.82, 2.24) is 0 Å². The maximum Gasteiger partial charge on any atom is 0.339 e. The Morgan fingerprint density at radius 3 is 2.56 bits per heavy atom. The fourth-order valence-corrected chi connectivity index (χ4v) is 1.62. The van der Waals surface area contributed by atoms with Gasteiger partial charge in [0.15, 0.2) is 11.5 Å². The van der Waals surface area contributed by atoms with Crippen molar-refractivity contribution in [2.45, 2.75) is 13.8 Å². The highest BCUT2D eigenvalue weighted by atomic mass is 16.5. The van der Waals surface area contributed by atoms with Gasteiger partial charge in [-0.3, -0.25) is 0 Å². The van der Waals surface area contributed by atoms with Crippen LogP contribution in [0.25, 0.3) is 11.0 Å². The fraction of sp³-hybridized carbons (Fsp3) is 0.250. The smallest absolute Gasteiger partial charge is 0.339 e. The number of aromatic hydroxyl groups is 1. The van der Waals surface area contributed by atoms with Gasteiger partial charge in [0.25, 0.3) is 0 Å². The zero-order chi connectivity index (χ0) is 11.9. The second-order valence-corrected chi connectivity index (χ2v) is 3.66. The monoisotopic (exact) mass is 220 g/mol. The summed E-state index contributed by atoms with van der Waals surface area (Å²) < 4.78 is 10.1. The third kappa shape index (κ3) is 1.43. The third-order valence-electron chi connectivity index (χ3n) is 2.76. The van der Waals surface area contributed by atoms with Gasteiger partial charge in [-0.05, 0) is 25.5 Å². The Hall–Kier alpha value is -1.97. The maximum absolute atomic E-state index is 11.5. The molecule has 0 aliphatic heterocycles. The largest absolute Gasteiger partial charge is 0.504 e. The molecule has 1 N–H and O–H groups in total. The molecule has 0 aliphatic rings. The van der Waals surface area contributed by atoms with Gasteiger partial charge in [-0.1, -0.05) is 0 Å². The van der Waals surface area contributed by atoms with Crippen LogP contribution < -0.4 is 10.4 Å². The van der Waals surface area contributed by atoms with Crippen LogP contribution in [0.3, 0.4) is 0 Å². The van der Waals surface area contributed by atoms with Gasteiger partial charge < -0.3 is 14.3 Å². The van der Waals surface area contributed by atoms with E-state index in [1.165, 1.54) is 13.2 Å². The van der Waals surface area contributed by atoms with E-state index in [0.29, 0.717) is 16.9 Å². The van der Waals surface area contributed by atoms with Gasteiger partial charge in [0, 0.05) is 17.0 Å². The lowest BCUT2D eigenvalue weighted by atomic mass is 10.1. The fourth-order valence-electron chi connectivity index (χ4n) is 1.62. The first-order chi connectivity index (χ1) is 7.54. The minimum Gasteiger partial charge on any atom is -0.504 e. The summed E-state index contributed by atoms with van der Waals surface area (Å²) in [4.78, 5) is 11.5. The summed E-state index contributed by atoms with van der Waals surface area (Å²) in [6, 6.07) is 3.05. The van der Waals surface area contributed by atoms with Crippen molar-refractivity contribution in [3.05, 3.63) is 33.7 Å². The highest BCUT2D eigenvalue weighted by molar-refractivity contribution is 5.84. The second-order valence-electron chi connectivity index (χ2n) is 3.66. The first-order valence-electron chi connectivity index (χ1n) is 4.85. The SMILES string of the molecule is COc1cc2oc(=O)c(C)c(C)c2cc1O. The standard InChI is InChI=1S/C12H12O4/c1-6-7(2)12(14)16-10-5-11(15-3)9(13)4-8(6)10/h4-5,13H,1-3H3. The van der Waals surface area contributed by atoms with Crippen LogP contribution in [-0.2, 0) is 0 Å². The van der Waals surface area contributed by atoms with E-state index in [1.54, 1.807) is 13.0 Å². The van der Waals surface area contributed by atoms with E-state index in [9.17, 15) is 9.90 Å². The Labute approximate surface area is 92.1 Å². The summed E-state index contributed by atoms with van der Waals surface area (Å²) in [6.45, 7) is 3.52. The van der Waals surface area contributed by atoms with E-state index in [-0.39, 0.29) is 11.4 Å². The molecule has 0 aliphatic carbocycles. The second kappa shape index (κ2) is 3.56. The highest BCUT2D eigenvalue weighted by Gasteiger charge is 2.11. The van der Waals surface area contributed by atoms with Crippen LogP contribution in [0.4, 0.5) is 0 Å². The van der Waals surface area contributed by atoms with Crippen molar-refractivity contribution in [3.63, 3.8) is 0 Å². The van der Waals surface area contributed by atoms with Gasteiger partial charge in [-0.2, -0.15) is 0 Å². The van der Waals surface area contributed by atoms with Crippen LogP contribution in [0, 0.1) is 13.8 Å². The lowest BCUT2D eigenvalue weighted by molar-refractivity contribution is 0.373. The van der Waals surface area contributed by atoms with Gasteiger partial charge in [0.2, 0.25) is 0 Å². The van der Waals surface area contributed by atoms with Crippen molar-refractivity contribution >= 4 is 11.0 Å². The molecule has 1 heterocycles. The van der Waals surface area contributed by atoms with Crippen LogP contribution in [0.15, 0.2) is 21.3 Å². The minimum atomic E-state index is -0.363. The summed E-state index contributed by atoms with van der Waals surface area (Å²) in [7, 11) is 1.44. The average molecular weight is 220 g/mol. The van der Waals surface area contributed by atoms with Crippen molar-refractivity contribution < 1.29 is 14.3 Å². The summed E-state index contributed by atoms with van der Waals surface area (Å²) in [5, 5.41) is 10.4. The number of ether oxygens (including phenoxy) is 1. The number of fused-ring (bicyclic) bond motifs is 1. The van der Waals surface area contributed by atoms with E-state index < -0.39 is 0 Å². The molecule has 0 spiro atoms. The molecule has 2 aromatic rings. The third-order valence-corrected chi connectivity index (χ3v) is 2.76. The van der Waals surface area contributed by atoms with E-state index in [1.807, 2.05) is 6.92 Å². The minimum absolute atomic E-state index is 0.0337. The molecule has 0 amide bonds. The van der Waals surface area contributed by atoms with Gasteiger partial charge >= 0.3 is 5.63 Å². The molecule has 84 valence electrons. The van der Waals surface area contributed by atoms with E-state index in [0.717, 1.165) is 10.9 Å². The molecule has 1 aromatic carbocycles. The van der Waals surface area contributed by atoms with E-state index >= 15 is 0 Å². The number of phenols is 1. The molecule has 0 bridgehead atoms.